The lowest BCUT2D eigenvalue weighted by atomic mass is 10.1. The molecule has 0 aromatic heterocycles. The number of benzene rings is 1. The van der Waals surface area contributed by atoms with E-state index in [0.29, 0.717) is 6.54 Å². The summed E-state index contributed by atoms with van der Waals surface area (Å²) in [6.07, 6.45) is 0. The quantitative estimate of drug-likeness (QED) is 0.810. The molecule has 1 rings (SSSR count). The fraction of sp³-hybridized carbons (Fsp3) is 0.500. The first-order valence-corrected chi connectivity index (χ1v) is 6.19. The van der Waals surface area contributed by atoms with Gasteiger partial charge >= 0.3 is 0 Å². The van der Waals surface area contributed by atoms with Gasteiger partial charge in [-0.1, -0.05) is 12.1 Å². The molecule has 100 valence electrons. The zero-order chi connectivity index (χ0) is 13.5. The second-order valence-electron chi connectivity index (χ2n) is 4.60. The van der Waals surface area contributed by atoms with Crippen molar-refractivity contribution < 1.29 is 9.53 Å². The van der Waals surface area contributed by atoms with E-state index < -0.39 is 0 Å². The maximum atomic E-state index is 11.5. The second-order valence-corrected chi connectivity index (χ2v) is 4.60. The molecule has 0 bridgehead atoms. The van der Waals surface area contributed by atoms with E-state index in [9.17, 15) is 4.79 Å². The molecule has 1 aromatic rings. The van der Waals surface area contributed by atoms with Crippen LogP contribution < -0.4 is 15.4 Å². The number of carbonyl (C=O) groups excluding carboxylic acids is 1. The third-order valence-electron chi connectivity index (χ3n) is 2.61. The van der Waals surface area contributed by atoms with Crippen LogP contribution in [0.3, 0.4) is 0 Å². The van der Waals surface area contributed by atoms with E-state index in [-0.39, 0.29) is 18.0 Å². The highest BCUT2D eigenvalue weighted by molar-refractivity contribution is 5.78. The third-order valence-corrected chi connectivity index (χ3v) is 2.61. The van der Waals surface area contributed by atoms with Crippen LogP contribution in [0.25, 0.3) is 0 Å². The van der Waals surface area contributed by atoms with Gasteiger partial charge in [0.1, 0.15) is 5.75 Å². The van der Waals surface area contributed by atoms with Gasteiger partial charge in [0, 0.05) is 12.1 Å². The zero-order valence-corrected chi connectivity index (χ0v) is 11.5. The van der Waals surface area contributed by atoms with Crippen LogP contribution in [0.5, 0.6) is 5.75 Å². The summed E-state index contributed by atoms with van der Waals surface area (Å²) in [6, 6.07) is 8.12. The third kappa shape index (κ3) is 4.75. The Morgan fingerprint density at radius 2 is 2.06 bits per heavy atom. The summed E-state index contributed by atoms with van der Waals surface area (Å²) in [7, 11) is 1.65. The molecule has 1 amide bonds. The van der Waals surface area contributed by atoms with Crippen molar-refractivity contribution in [2.45, 2.75) is 32.9 Å². The molecule has 4 heteroatoms. The molecule has 0 aliphatic carbocycles. The van der Waals surface area contributed by atoms with Crippen molar-refractivity contribution in [3.63, 3.8) is 0 Å². The maximum absolute atomic E-state index is 11.5. The van der Waals surface area contributed by atoms with E-state index in [1.165, 1.54) is 0 Å². The summed E-state index contributed by atoms with van der Waals surface area (Å²) in [5.41, 5.74) is 1.10. The molecule has 0 fully saturated rings. The Hall–Kier alpha value is -1.55. The average Bonchev–Trinajstić information content (AvgIpc) is 2.35. The zero-order valence-electron chi connectivity index (χ0n) is 11.5. The summed E-state index contributed by atoms with van der Waals surface area (Å²) in [5, 5.41) is 6.03. The minimum Gasteiger partial charge on any atom is -0.497 e. The van der Waals surface area contributed by atoms with E-state index in [1.807, 2.05) is 45.0 Å². The van der Waals surface area contributed by atoms with Crippen LogP contribution in [-0.4, -0.2) is 25.6 Å². The lowest BCUT2D eigenvalue weighted by Gasteiger charge is -2.15. The number of carbonyl (C=O) groups is 1. The fourth-order valence-electron chi connectivity index (χ4n) is 1.65. The molecule has 0 spiro atoms. The number of hydrogen-bond donors (Lipinski definition) is 2. The Kier molecular flexibility index (Phi) is 5.65. The fourth-order valence-corrected chi connectivity index (χ4v) is 1.65. The van der Waals surface area contributed by atoms with E-state index in [4.69, 9.17) is 4.74 Å². The van der Waals surface area contributed by atoms with Gasteiger partial charge in [-0.2, -0.15) is 0 Å². The Morgan fingerprint density at radius 3 is 2.67 bits per heavy atom. The van der Waals surface area contributed by atoms with Gasteiger partial charge in [-0.15, -0.1) is 0 Å². The molecule has 4 nitrogen and oxygen atoms in total. The van der Waals surface area contributed by atoms with Crippen molar-refractivity contribution in [2.24, 2.45) is 0 Å². The Labute approximate surface area is 109 Å². The highest BCUT2D eigenvalue weighted by Gasteiger charge is 2.08. The Morgan fingerprint density at radius 1 is 1.33 bits per heavy atom. The van der Waals surface area contributed by atoms with Crippen molar-refractivity contribution in [1.29, 1.82) is 0 Å². The molecule has 18 heavy (non-hydrogen) atoms. The summed E-state index contributed by atoms with van der Waals surface area (Å²) >= 11 is 0. The van der Waals surface area contributed by atoms with Gasteiger partial charge in [-0.25, -0.2) is 0 Å². The molecule has 0 unspecified atom stereocenters. The topological polar surface area (TPSA) is 50.4 Å². The van der Waals surface area contributed by atoms with Crippen molar-refractivity contribution in [3.8, 4) is 5.75 Å². The lowest BCUT2D eigenvalue weighted by Crippen LogP contribution is -2.38. The highest BCUT2D eigenvalue weighted by Crippen LogP contribution is 2.18. The van der Waals surface area contributed by atoms with Gasteiger partial charge in [0.15, 0.2) is 0 Å². The first-order valence-electron chi connectivity index (χ1n) is 6.19. The van der Waals surface area contributed by atoms with E-state index in [0.717, 1.165) is 11.3 Å². The van der Waals surface area contributed by atoms with Gasteiger partial charge in [0.05, 0.1) is 13.7 Å². The Bertz CT molecular complexity index is 391. The van der Waals surface area contributed by atoms with Crippen LogP contribution in [-0.2, 0) is 4.79 Å². The summed E-state index contributed by atoms with van der Waals surface area (Å²) < 4.78 is 5.18. The first-order chi connectivity index (χ1) is 8.52. The number of hydrogen-bond acceptors (Lipinski definition) is 3. The molecular weight excluding hydrogens is 228 g/mol. The SMILES string of the molecule is COc1cccc([C@H](C)NCC(=O)NC(C)C)c1. The van der Waals surface area contributed by atoms with Crippen molar-refractivity contribution >= 4 is 5.91 Å². The molecule has 0 aliphatic rings. The number of rotatable bonds is 6. The summed E-state index contributed by atoms with van der Waals surface area (Å²) in [6.45, 7) is 6.24. The van der Waals surface area contributed by atoms with Crippen LogP contribution in [0.15, 0.2) is 24.3 Å². The first kappa shape index (κ1) is 14.5. The monoisotopic (exact) mass is 250 g/mol. The second kappa shape index (κ2) is 7.01. The molecule has 2 N–H and O–H groups in total. The normalized spacial score (nSPS) is 12.3. The summed E-state index contributed by atoms with van der Waals surface area (Å²) in [4.78, 5) is 11.5. The largest absolute Gasteiger partial charge is 0.497 e. The van der Waals surface area contributed by atoms with Crippen LogP contribution in [0.2, 0.25) is 0 Å². The van der Waals surface area contributed by atoms with Gasteiger partial charge in [0.25, 0.3) is 0 Å². The van der Waals surface area contributed by atoms with Gasteiger partial charge in [0.2, 0.25) is 5.91 Å². The van der Waals surface area contributed by atoms with Crippen LogP contribution >= 0.6 is 0 Å². The lowest BCUT2D eigenvalue weighted by molar-refractivity contribution is -0.120. The van der Waals surface area contributed by atoms with Gasteiger partial charge < -0.3 is 15.4 Å². The molecule has 0 aliphatic heterocycles. The molecule has 0 saturated carbocycles. The van der Waals surface area contributed by atoms with Crippen LogP contribution in [0.1, 0.15) is 32.4 Å². The van der Waals surface area contributed by atoms with Crippen LogP contribution in [0, 0.1) is 0 Å². The number of methoxy groups -OCH3 is 1. The number of nitrogens with one attached hydrogen (secondary N) is 2. The number of ether oxygens (including phenoxy) is 1. The summed E-state index contributed by atoms with van der Waals surface area (Å²) in [5.74, 6) is 0.840. The van der Waals surface area contributed by atoms with E-state index >= 15 is 0 Å². The average molecular weight is 250 g/mol. The molecule has 1 aromatic carbocycles. The Balaban J connectivity index is 2.49. The van der Waals surface area contributed by atoms with Crippen molar-refractivity contribution in [1.82, 2.24) is 10.6 Å². The molecule has 0 saturated heterocycles. The van der Waals surface area contributed by atoms with E-state index in [2.05, 4.69) is 10.6 Å². The molecular formula is C14H22N2O2. The number of amides is 1. The molecule has 0 radical (unpaired) electrons. The predicted molar refractivity (Wildman–Crippen MR) is 72.7 cm³/mol. The smallest absolute Gasteiger partial charge is 0.234 e. The highest BCUT2D eigenvalue weighted by atomic mass is 16.5. The van der Waals surface area contributed by atoms with Gasteiger partial charge in [-0.05, 0) is 38.5 Å². The predicted octanol–water partition coefficient (Wildman–Crippen LogP) is 1.87. The molecule has 0 heterocycles. The van der Waals surface area contributed by atoms with Crippen LogP contribution in [0.4, 0.5) is 0 Å². The van der Waals surface area contributed by atoms with Crippen molar-refractivity contribution in [3.05, 3.63) is 29.8 Å². The minimum atomic E-state index is 0.0137. The van der Waals surface area contributed by atoms with Crippen molar-refractivity contribution in [2.75, 3.05) is 13.7 Å². The minimum absolute atomic E-state index is 0.0137. The maximum Gasteiger partial charge on any atom is 0.234 e. The van der Waals surface area contributed by atoms with Gasteiger partial charge in [-0.3, -0.25) is 4.79 Å². The molecule has 1 atom stereocenters. The van der Waals surface area contributed by atoms with E-state index in [1.54, 1.807) is 7.11 Å². The standard InChI is InChI=1S/C14H22N2O2/c1-10(2)16-14(17)9-15-11(3)12-6-5-7-13(8-12)18-4/h5-8,10-11,15H,9H2,1-4H3,(H,16,17)/t11-/m0/s1.